The average Bonchev–Trinajstić information content (AvgIpc) is 2.92. The number of carboxylic acids is 1. The Balaban J connectivity index is 1.81. The molecule has 1 aliphatic heterocycles. The first-order valence-corrected chi connectivity index (χ1v) is 8.26. The van der Waals surface area contributed by atoms with Gasteiger partial charge in [0.1, 0.15) is 5.00 Å². The van der Waals surface area contributed by atoms with Crippen molar-refractivity contribution in [2.45, 2.75) is 32.6 Å². The van der Waals surface area contributed by atoms with Crippen molar-refractivity contribution in [1.29, 1.82) is 0 Å². The second kappa shape index (κ2) is 5.64. The van der Waals surface area contributed by atoms with E-state index >= 15 is 0 Å². The maximum atomic E-state index is 11.6. The first-order chi connectivity index (χ1) is 10.2. The lowest BCUT2D eigenvalue weighted by Gasteiger charge is -2.39. The number of piperidine rings is 1. The van der Waals surface area contributed by atoms with Crippen molar-refractivity contribution < 1.29 is 9.90 Å². The number of carboxylic acid groups (broad SMARTS) is 1. The quantitative estimate of drug-likeness (QED) is 0.934. The molecule has 1 saturated heterocycles. The summed E-state index contributed by atoms with van der Waals surface area (Å²) < 4.78 is 4.49. The number of benzene rings is 1. The minimum atomic E-state index is -0.627. The molecule has 1 fully saturated rings. The number of hydrogen-bond donors (Lipinski definition) is 1. The average molecular weight is 304 g/mol. The lowest BCUT2D eigenvalue weighted by molar-refractivity contribution is -0.150. The Hall–Kier alpha value is -1.62. The molecule has 1 aliphatic rings. The van der Waals surface area contributed by atoms with E-state index < -0.39 is 11.4 Å². The van der Waals surface area contributed by atoms with Crippen LogP contribution in [-0.2, 0) is 4.79 Å². The molecule has 1 aromatic carbocycles. The predicted molar refractivity (Wildman–Crippen MR) is 86.0 cm³/mol. The number of fused-ring (bicyclic) bond motifs is 1. The van der Waals surface area contributed by atoms with Crippen LogP contribution in [0.15, 0.2) is 24.3 Å². The fourth-order valence-corrected chi connectivity index (χ4v) is 4.20. The van der Waals surface area contributed by atoms with E-state index in [-0.39, 0.29) is 0 Å². The zero-order valence-corrected chi connectivity index (χ0v) is 13.0. The number of anilines is 1. The Morgan fingerprint density at radius 3 is 2.76 bits per heavy atom. The van der Waals surface area contributed by atoms with Gasteiger partial charge in [-0.1, -0.05) is 25.5 Å². The summed E-state index contributed by atoms with van der Waals surface area (Å²) >= 11 is 1.52. The Bertz CT molecular complexity index is 645. The van der Waals surface area contributed by atoms with Crippen LogP contribution in [0.4, 0.5) is 5.00 Å². The summed E-state index contributed by atoms with van der Waals surface area (Å²) in [6, 6.07) is 8.15. The van der Waals surface area contributed by atoms with E-state index in [9.17, 15) is 9.90 Å². The van der Waals surface area contributed by atoms with E-state index in [2.05, 4.69) is 22.3 Å². The molecule has 1 N–H and O–H groups in total. The summed E-state index contributed by atoms with van der Waals surface area (Å²) in [6.45, 7) is 3.67. The van der Waals surface area contributed by atoms with Crippen LogP contribution in [0.3, 0.4) is 0 Å². The van der Waals surface area contributed by atoms with Crippen LogP contribution in [0.1, 0.15) is 32.6 Å². The van der Waals surface area contributed by atoms with Gasteiger partial charge in [-0.05, 0) is 42.9 Å². The maximum absolute atomic E-state index is 11.6. The van der Waals surface area contributed by atoms with Crippen molar-refractivity contribution in [2.75, 3.05) is 18.0 Å². The van der Waals surface area contributed by atoms with Crippen molar-refractivity contribution in [2.24, 2.45) is 5.41 Å². The molecule has 0 aliphatic carbocycles. The monoisotopic (exact) mass is 304 g/mol. The third-order valence-electron chi connectivity index (χ3n) is 4.55. The maximum Gasteiger partial charge on any atom is 0.309 e. The van der Waals surface area contributed by atoms with Crippen LogP contribution in [0.2, 0.25) is 0 Å². The van der Waals surface area contributed by atoms with Crippen molar-refractivity contribution in [3.63, 3.8) is 0 Å². The zero-order chi connectivity index (χ0) is 14.9. The lowest BCUT2D eigenvalue weighted by atomic mass is 9.75. The Labute approximate surface area is 128 Å². The molecule has 0 amide bonds. The summed E-state index contributed by atoms with van der Waals surface area (Å²) in [7, 11) is 0. The van der Waals surface area contributed by atoms with E-state index in [1.54, 1.807) is 0 Å². The van der Waals surface area contributed by atoms with E-state index in [0.29, 0.717) is 0 Å². The van der Waals surface area contributed by atoms with E-state index in [0.717, 1.165) is 44.3 Å². The van der Waals surface area contributed by atoms with Gasteiger partial charge in [0.05, 0.1) is 10.9 Å². The molecule has 5 heteroatoms. The molecule has 0 saturated carbocycles. The van der Waals surface area contributed by atoms with Gasteiger partial charge < -0.3 is 10.0 Å². The highest BCUT2D eigenvalue weighted by atomic mass is 32.1. The SMILES string of the molecule is CCCC1(C(=O)O)CCN(c2snc3ccccc23)CC1. The van der Waals surface area contributed by atoms with E-state index in [4.69, 9.17) is 0 Å². The number of rotatable bonds is 4. The summed E-state index contributed by atoms with van der Waals surface area (Å²) in [5.74, 6) is -0.627. The van der Waals surface area contributed by atoms with Gasteiger partial charge in [0, 0.05) is 18.5 Å². The van der Waals surface area contributed by atoms with Crippen molar-refractivity contribution in [1.82, 2.24) is 4.37 Å². The number of hydrogen-bond acceptors (Lipinski definition) is 4. The second-order valence-electron chi connectivity index (χ2n) is 5.83. The Morgan fingerprint density at radius 2 is 2.10 bits per heavy atom. The van der Waals surface area contributed by atoms with Crippen molar-refractivity contribution in [3.8, 4) is 0 Å². The second-order valence-corrected chi connectivity index (χ2v) is 6.58. The highest BCUT2D eigenvalue weighted by molar-refractivity contribution is 7.11. The molecule has 0 atom stereocenters. The molecule has 2 heterocycles. The first-order valence-electron chi connectivity index (χ1n) is 7.49. The summed E-state index contributed by atoms with van der Waals surface area (Å²) in [5.41, 5.74) is 0.507. The van der Waals surface area contributed by atoms with Crippen LogP contribution < -0.4 is 4.90 Å². The van der Waals surface area contributed by atoms with Crippen LogP contribution >= 0.6 is 11.5 Å². The van der Waals surface area contributed by atoms with Crippen LogP contribution in [0.25, 0.3) is 10.9 Å². The van der Waals surface area contributed by atoms with Crippen LogP contribution in [-0.4, -0.2) is 28.5 Å². The summed E-state index contributed by atoms with van der Waals surface area (Å²) in [5, 5.41) is 11.9. The molecule has 0 spiro atoms. The highest BCUT2D eigenvalue weighted by Crippen LogP contribution is 2.40. The molecular formula is C16H20N2O2S. The molecule has 0 radical (unpaired) electrons. The minimum Gasteiger partial charge on any atom is -0.481 e. The van der Waals surface area contributed by atoms with Gasteiger partial charge in [-0.2, -0.15) is 4.37 Å². The van der Waals surface area contributed by atoms with E-state index in [1.165, 1.54) is 21.9 Å². The van der Waals surface area contributed by atoms with Crippen LogP contribution in [0, 0.1) is 5.41 Å². The molecule has 112 valence electrons. The van der Waals surface area contributed by atoms with Gasteiger partial charge in [0.25, 0.3) is 0 Å². The molecular weight excluding hydrogens is 284 g/mol. The normalized spacial score (nSPS) is 18.0. The fourth-order valence-electron chi connectivity index (χ4n) is 3.29. The molecule has 1 aromatic heterocycles. The largest absolute Gasteiger partial charge is 0.481 e. The van der Waals surface area contributed by atoms with Gasteiger partial charge in [-0.15, -0.1) is 0 Å². The van der Waals surface area contributed by atoms with Gasteiger partial charge in [-0.25, -0.2) is 0 Å². The minimum absolute atomic E-state index is 0.522. The van der Waals surface area contributed by atoms with E-state index in [1.807, 2.05) is 18.2 Å². The molecule has 3 rings (SSSR count). The van der Waals surface area contributed by atoms with Crippen molar-refractivity contribution in [3.05, 3.63) is 24.3 Å². The third kappa shape index (κ3) is 2.50. The number of aliphatic carboxylic acids is 1. The smallest absolute Gasteiger partial charge is 0.309 e. The van der Waals surface area contributed by atoms with Gasteiger partial charge in [0.15, 0.2) is 0 Å². The highest BCUT2D eigenvalue weighted by Gasteiger charge is 2.41. The molecule has 0 unspecified atom stereocenters. The van der Waals surface area contributed by atoms with Crippen molar-refractivity contribution >= 4 is 33.4 Å². The third-order valence-corrected chi connectivity index (χ3v) is 5.49. The topological polar surface area (TPSA) is 53.4 Å². The number of nitrogens with zero attached hydrogens (tertiary/aromatic N) is 2. The predicted octanol–water partition coefficient (Wildman–Crippen LogP) is 3.77. The van der Waals surface area contributed by atoms with Crippen LogP contribution in [0.5, 0.6) is 0 Å². The molecule has 2 aromatic rings. The number of carbonyl (C=O) groups is 1. The Kier molecular flexibility index (Phi) is 3.85. The first kappa shape index (κ1) is 14.3. The Morgan fingerprint density at radius 1 is 1.38 bits per heavy atom. The lowest BCUT2D eigenvalue weighted by Crippen LogP contribution is -2.44. The summed E-state index contributed by atoms with van der Waals surface area (Å²) in [6.07, 6.45) is 3.15. The fraction of sp³-hybridized carbons (Fsp3) is 0.500. The zero-order valence-electron chi connectivity index (χ0n) is 12.2. The molecule has 4 nitrogen and oxygen atoms in total. The molecule has 21 heavy (non-hydrogen) atoms. The standard InChI is InChI=1S/C16H20N2O2S/c1-2-7-16(15(19)20)8-10-18(11-9-16)14-12-5-3-4-6-13(12)17-21-14/h3-6H,2,7-11H2,1H3,(H,19,20). The summed E-state index contributed by atoms with van der Waals surface area (Å²) in [4.78, 5) is 13.9. The molecule has 0 bridgehead atoms. The van der Waals surface area contributed by atoms with Gasteiger partial charge in [0.2, 0.25) is 0 Å². The van der Waals surface area contributed by atoms with Gasteiger partial charge >= 0.3 is 5.97 Å². The number of aromatic nitrogens is 1. The van der Waals surface area contributed by atoms with Gasteiger partial charge in [-0.3, -0.25) is 4.79 Å².